The third-order valence-electron chi connectivity index (χ3n) is 3.75. The van der Waals surface area contributed by atoms with Gasteiger partial charge in [-0.2, -0.15) is 0 Å². The molecule has 0 bridgehead atoms. The topological polar surface area (TPSA) is 17.1 Å². The predicted molar refractivity (Wildman–Crippen MR) is 83.1 cm³/mol. The normalized spacial score (nSPS) is 10.7. The molecule has 0 fully saturated rings. The first kappa shape index (κ1) is 13.5. The van der Waals surface area contributed by atoms with Gasteiger partial charge in [0.1, 0.15) is 5.82 Å². The molecule has 0 aliphatic rings. The molecule has 104 valence electrons. The second-order valence-corrected chi connectivity index (χ2v) is 5.11. The maximum absolute atomic E-state index is 13.2. The molecule has 0 heterocycles. The van der Waals surface area contributed by atoms with E-state index in [0.29, 0.717) is 0 Å². The molecule has 0 aliphatic carbocycles. The highest BCUT2D eigenvalue weighted by Crippen LogP contribution is 2.22. The summed E-state index contributed by atoms with van der Waals surface area (Å²) in [4.78, 5) is 11.4. The standard InChI is InChI=1S/C19H15FO/c20-17-6-3-4-14(12-17)8-9-16-11-10-15-5-1-2-7-18(15)19(16)13-21/h1-7,10-13H,8-9H2. The Morgan fingerprint density at radius 3 is 2.57 bits per heavy atom. The van der Waals surface area contributed by atoms with Crippen LogP contribution in [-0.2, 0) is 12.8 Å². The zero-order chi connectivity index (χ0) is 14.7. The summed E-state index contributed by atoms with van der Waals surface area (Å²) in [7, 11) is 0. The number of hydrogen-bond acceptors (Lipinski definition) is 1. The summed E-state index contributed by atoms with van der Waals surface area (Å²) in [6, 6.07) is 18.5. The third-order valence-corrected chi connectivity index (χ3v) is 3.75. The summed E-state index contributed by atoms with van der Waals surface area (Å²) in [5.74, 6) is -0.221. The molecule has 0 aliphatic heterocycles. The number of hydrogen-bond donors (Lipinski definition) is 0. The molecule has 0 atom stereocenters. The van der Waals surface area contributed by atoms with Gasteiger partial charge < -0.3 is 0 Å². The van der Waals surface area contributed by atoms with Gasteiger partial charge >= 0.3 is 0 Å². The second kappa shape index (κ2) is 5.88. The van der Waals surface area contributed by atoms with E-state index < -0.39 is 0 Å². The van der Waals surface area contributed by atoms with Gasteiger partial charge in [0.25, 0.3) is 0 Å². The van der Waals surface area contributed by atoms with E-state index in [1.165, 1.54) is 6.07 Å². The van der Waals surface area contributed by atoms with Gasteiger partial charge in [-0.3, -0.25) is 4.79 Å². The van der Waals surface area contributed by atoms with E-state index in [1.54, 1.807) is 12.1 Å². The van der Waals surface area contributed by atoms with Crippen molar-refractivity contribution in [3.05, 3.63) is 83.2 Å². The Morgan fingerprint density at radius 2 is 1.76 bits per heavy atom. The fourth-order valence-corrected chi connectivity index (χ4v) is 2.67. The quantitative estimate of drug-likeness (QED) is 0.639. The van der Waals surface area contributed by atoms with Crippen LogP contribution in [0.2, 0.25) is 0 Å². The van der Waals surface area contributed by atoms with Crippen LogP contribution < -0.4 is 0 Å². The van der Waals surface area contributed by atoms with Gasteiger partial charge in [0.2, 0.25) is 0 Å². The van der Waals surface area contributed by atoms with Crippen LogP contribution in [0.15, 0.2) is 60.7 Å². The van der Waals surface area contributed by atoms with E-state index >= 15 is 0 Å². The second-order valence-electron chi connectivity index (χ2n) is 5.11. The van der Waals surface area contributed by atoms with E-state index in [2.05, 4.69) is 0 Å². The molecular weight excluding hydrogens is 263 g/mol. The highest BCUT2D eigenvalue weighted by atomic mass is 19.1. The Balaban J connectivity index is 1.92. The zero-order valence-electron chi connectivity index (χ0n) is 11.6. The summed E-state index contributed by atoms with van der Waals surface area (Å²) < 4.78 is 13.2. The fraction of sp³-hybridized carbons (Fsp3) is 0.105. The van der Waals surface area contributed by atoms with Crippen molar-refractivity contribution in [3.8, 4) is 0 Å². The first-order valence-electron chi connectivity index (χ1n) is 6.98. The van der Waals surface area contributed by atoms with Crippen molar-refractivity contribution in [2.75, 3.05) is 0 Å². The lowest BCUT2D eigenvalue weighted by Gasteiger charge is -2.09. The maximum atomic E-state index is 13.2. The third kappa shape index (κ3) is 2.84. The molecule has 0 amide bonds. The van der Waals surface area contributed by atoms with E-state index in [0.717, 1.165) is 46.6 Å². The first-order chi connectivity index (χ1) is 10.3. The molecule has 0 radical (unpaired) electrons. The number of halogens is 1. The van der Waals surface area contributed by atoms with Gasteiger partial charge in [-0.05, 0) is 46.9 Å². The Bertz CT molecular complexity index is 792. The number of benzene rings is 3. The van der Waals surface area contributed by atoms with E-state index in [1.807, 2.05) is 42.5 Å². The molecule has 3 aromatic rings. The predicted octanol–water partition coefficient (Wildman–Crippen LogP) is 4.58. The van der Waals surface area contributed by atoms with Crippen molar-refractivity contribution in [2.24, 2.45) is 0 Å². The molecule has 21 heavy (non-hydrogen) atoms. The summed E-state index contributed by atoms with van der Waals surface area (Å²) in [5, 5.41) is 2.04. The highest BCUT2D eigenvalue weighted by molar-refractivity contribution is 5.99. The largest absolute Gasteiger partial charge is 0.298 e. The van der Waals surface area contributed by atoms with Crippen molar-refractivity contribution in [2.45, 2.75) is 12.8 Å². The summed E-state index contributed by atoms with van der Waals surface area (Å²) in [6.45, 7) is 0. The van der Waals surface area contributed by atoms with Crippen LogP contribution in [0.25, 0.3) is 10.8 Å². The fourth-order valence-electron chi connectivity index (χ4n) is 2.67. The van der Waals surface area contributed by atoms with Gasteiger partial charge in [-0.1, -0.05) is 48.5 Å². The molecule has 0 saturated carbocycles. The van der Waals surface area contributed by atoms with Crippen molar-refractivity contribution in [3.63, 3.8) is 0 Å². The highest BCUT2D eigenvalue weighted by Gasteiger charge is 2.07. The molecule has 3 rings (SSSR count). The molecule has 0 aromatic heterocycles. The minimum absolute atomic E-state index is 0.221. The lowest BCUT2D eigenvalue weighted by Crippen LogP contribution is -1.98. The average Bonchev–Trinajstić information content (AvgIpc) is 2.52. The summed E-state index contributed by atoms with van der Waals surface area (Å²) >= 11 is 0. The molecule has 1 nitrogen and oxygen atoms in total. The zero-order valence-corrected chi connectivity index (χ0v) is 11.6. The van der Waals surface area contributed by atoms with Crippen LogP contribution in [0.4, 0.5) is 4.39 Å². The Hall–Kier alpha value is -2.48. The van der Waals surface area contributed by atoms with Crippen LogP contribution in [-0.4, -0.2) is 6.29 Å². The smallest absolute Gasteiger partial charge is 0.150 e. The lowest BCUT2D eigenvalue weighted by molar-refractivity contribution is 0.112. The van der Waals surface area contributed by atoms with Crippen LogP contribution >= 0.6 is 0 Å². The number of rotatable bonds is 4. The van der Waals surface area contributed by atoms with E-state index in [4.69, 9.17) is 0 Å². The van der Waals surface area contributed by atoms with Crippen molar-refractivity contribution < 1.29 is 9.18 Å². The average molecular weight is 278 g/mol. The minimum atomic E-state index is -0.221. The van der Waals surface area contributed by atoms with Crippen LogP contribution in [0.1, 0.15) is 21.5 Å². The minimum Gasteiger partial charge on any atom is -0.298 e. The van der Waals surface area contributed by atoms with Gasteiger partial charge in [0.15, 0.2) is 6.29 Å². The number of fused-ring (bicyclic) bond motifs is 1. The molecule has 2 heteroatoms. The van der Waals surface area contributed by atoms with Crippen molar-refractivity contribution >= 4 is 17.1 Å². The number of carbonyl (C=O) groups is 1. The summed E-state index contributed by atoms with van der Waals surface area (Å²) in [5.41, 5.74) is 2.69. The SMILES string of the molecule is O=Cc1c(CCc2cccc(F)c2)ccc2ccccc12. The number of aryl methyl sites for hydroxylation is 2. The Labute approximate surface area is 123 Å². The first-order valence-corrected chi connectivity index (χ1v) is 6.98. The molecular formula is C19H15FO. The monoisotopic (exact) mass is 278 g/mol. The molecule has 0 saturated heterocycles. The Morgan fingerprint density at radius 1 is 0.905 bits per heavy atom. The van der Waals surface area contributed by atoms with Crippen LogP contribution in [0, 0.1) is 5.82 Å². The van der Waals surface area contributed by atoms with E-state index in [-0.39, 0.29) is 5.82 Å². The molecule has 0 spiro atoms. The van der Waals surface area contributed by atoms with Crippen molar-refractivity contribution in [1.82, 2.24) is 0 Å². The number of aldehydes is 1. The van der Waals surface area contributed by atoms with Crippen LogP contribution in [0.3, 0.4) is 0 Å². The van der Waals surface area contributed by atoms with Gasteiger partial charge in [-0.25, -0.2) is 4.39 Å². The van der Waals surface area contributed by atoms with Gasteiger partial charge in [0, 0.05) is 5.56 Å². The van der Waals surface area contributed by atoms with Gasteiger partial charge in [0.05, 0.1) is 0 Å². The molecule has 0 unspecified atom stereocenters. The van der Waals surface area contributed by atoms with Gasteiger partial charge in [-0.15, -0.1) is 0 Å². The van der Waals surface area contributed by atoms with Crippen molar-refractivity contribution in [1.29, 1.82) is 0 Å². The Kier molecular flexibility index (Phi) is 3.78. The maximum Gasteiger partial charge on any atom is 0.150 e. The summed E-state index contributed by atoms with van der Waals surface area (Å²) in [6.07, 6.45) is 2.36. The molecule has 0 N–H and O–H groups in total. The number of carbonyl (C=O) groups excluding carboxylic acids is 1. The van der Waals surface area contributed by atoms with Crippen LogP contribution in [0.5, 0.6) is 0 Å². The molecule has 3 aromatic carbocycles. The lowest BCUT2D eigenvalue weighted by atomic mass is 9.95. The van der Waals surface area contributed by atoms with E-state index in [9.17, 15) is 9.18 Å².